The predicted molar refractivity (Wildman–Crippen MR) is 73.8 cm³/mol. The van der Waals surface area contributed by atoms with E-state index in [2.05, 4.69) is 4.98 Å². The van der Waals surface area contributed by atoms with Crippen molar-refractivity contribution in [2.24, 2.45) is 0 Å². The van der Waals surface area contributed by atoms with Crippen LogP contribution < -0.4 is 9.47 Å². The fourth-order valence-electron chi connectivity index (χ4n) is 2.40. The molecule has 1 aliphatic heterocycles. The third-order valence-electron chi connectivity index (χ3n) is 3.45. The van der Waals surface area contributed by atoms with Gasteiger partial charge in [0.05, 0.1) is 11.0 Å². The maximum absolute atomic E-state index is 11.1. The number of aliphatic carboxylic acids is 1. The van der Waals surface area contributed by atoms with Crippen LogP contribution in [0.5, 0.6) is 11.5 Å². The van der Waals surface area contributed by atoms with Crippen molar-refractivity contribution in [3.8, 4) is 11.5 Å². The molecule has 2 heterocycles. The molecular weight excluding hydrogens is 276 g/mol. The van der Waals surface area contributed by atoms with Gasteiger partial charge in [-0.2, -0.15) is 0 Å². The van der Waals surface area contributed by atoms with Gasteiger partial charge in [0.15, 0.2) is 11.5 Å². The number of nitrogens with zero attached hydrogens (tertiary/aromatic N) is 2. The number of hydrogen-bond acceptors (Lipinski definition) is 5. The van der Waals surface area contributed by atoms with Crippen LogP contribution in [0.4, 0.5) is 0 Å². The zero-order chi connectivity index (χ0) is 15.0. The molecule has 3 rings (SSSR count). The van der Waals surface area contributed by atoms with Gasteiger partial charge in [-0.15, -0.1) is 0 Å². The molecule has 1 N–H and O–H groups in total. The molecule has 0 fully saturated rings. The lowest BCUT2D eigenvalue weighted by atomic mass is 10.2. The second-order valence-electron chi connectivity index (χ2n) is 4.81. The number of carboxylic acids is 1. The van der Waals surface area contributed by atoms with Crippen molar-refractivity contribution in [2.75, 3.05) is 20.3 Å². The summed E-state index contributed by atoms with van der Waals surface area (Å²) < 4.78 is 18.0. The lowest BCUT2D eigenvalue weighted by Crippen LogP contribution is -2.16. The molecule has 0 spiro atoms. The van der Waals surface area contributed by atoms with Crippen LogP contribution >= 0.6 is 0 Å². The fraction of sp³-hybridized carbons (Fsp3) is 0.429. The van der Waals surface area contributed by atoms with E-state index in [0.29, 0.717) is 41.6 Å². The molecule has 7 heteroatoms. The van der Waals surface area contributed by atoms with E-state index in [1.54, 1.807) is 23.8 Å². The Morgan fingerprint density at radius 3 is 2.71 bits per heavy atom. The highest BCUT2D eigenvalue weighted by Crippen LogP contribution is 2.35. The molecule has 1 aliphatic rings. The first kappa shape index (κ1) is 13.7. The Balaban J connectivity index is 2.19. The highest BCUT2D eigenvalue weighted by atomic mass is 16.6. The molecule has 0 radical (unpaired) electrons. The quantitative estimate of drug-likeness (QED) is 0.921. The predicted octanol–water partition coefficient (Wildman–Crippen LogP) is 1.60. The van der Waals surface area contributed by atoms with E-state index in [-0.39, 0.29) is 12.6 Å². The van der Waals surface area contributed by atoms with Crippen LogP contribution in [-0.4, -0.2) is 41.0 Å². The molecule has 0 saturated heterocycles. The molecule has 1 unspecified atom stereocenters. The maximum Gasteiger partial charge on any atom is 0.323 e. The smallest absolute Gasteiger partial charge is 0.323 e. The average molecular weight is 292 g/mol. The molecule has 0 saturated carbocycles. The third-order valence-corrected chi connectivity index (χ3v) is 3.45. The first-order valence-corrected chi connectivity index (χ1v) is 6.64. The molecule has 0 bridgehead atoms. The number of ether oxygens (including phenoxy) is 3. The Kier molecular flexibility index (Phi) is 3.42. The van der Waals surface area contributed by atoms with E-state index in [1.165, 1.54) is 0 Å². The van der Waals surface area contributed by atoms with E-state index >= 15 is 0 Å². The summed E-state index contributed by atoms with van der Waals surface area (Å²) in [4.78, 5) is 15.6. The highest BCUT2D eigenvalue weighted by molar-refractivity contribution is 5.82. The summed E-state index contributed by atoms with van der Waals surface area (Å²) in [5.74, 6) is 0.869. The van der Waals surface area contributed by atoms with Gasteiger partial charge >= 0.3 is 5.97 Å². The molecule has 1 aromatic heterocycles. The summed E-state index contributed by atoms with van der Waals surface area (Å²) in [6.07, 6.45) is -0.310. The number of carboxylic acid groups (broad SMARTS) is 1. The van der Waals surface area contributed by atoms with Gasteiger partial charge in [0.25, 0.3) is 0 Å². The summed E-state index contributed by atoms with van der Waals surface area (Å²) in [5.41, 5.74) is 1.36. The molecule has 0 amide bonds. The van der Waals surface area contributed by atoms with Gasteiger partial charge in [-0.1, -0.05) is 0 Å². The second-order valence-corrected chi connectivity index (χ2v) is 4.81. The minimum atomic E-state index is -0.936. The summed E-state index contributed by atoms with van der Waals surface area (Å²) in [7, 11) is 1.56. The summed E-state index contributed by atoms with van der Waals surface area (Å²) in [6.45, 7) is 2.62. The maximum atomic E-state index is 11.1. The van der Waals surface area contributed by atoms with Crippen molar-refractivity contribution >= 4 is 17.0 Å². The zero-order valence-corrected chi connectivity index (χ0v) is 11.8. The van der Waals surface area contributed by atoms with Gasteiger partial charge in [0.2, 0.25) is 0 Å². The largest absolute Gasteiger partial charge is 0.486 e. The number of imidazole rings is 1. The van der Waals surface area contributed by atoms with E-state index in [0.717, 1.165) is 0 Å². The lowest BCUT2D eigenvalue weighted by Gasteiger charge is -2.18. The number of fused-ring (bicyclic) bond motifs is 2. The Morgan fingerprint density at radius 2 is 2.10 bits per heavy atom. The molecule has 2 aromatic rings. The summed E-state index contributed by atoms with van der Waals surface area (Å²) in [5, 5.41) is 9.12. The van der Waals surface area contributed by atoms with E-state index in [1.807, 2.05) is 6.92 Å². The Hall–Kier alpha value is -2.28. The Morgan fingerprint density at radius 1 is 1.43 bits per heavy atom. The Bertz CT molecular complexity index is 694. The van der Waals surface area contributed by atoms with Crippen LogP contribution in [0.15, 0.2) is 12.1 Å². The van der Waals surface area contributed by atoms with Crippen molar-refractivity contribution in [3.63, 3.8) is 0 Å². The molecule has 21 heavy (non-hydrogen) atoms. The van der Waals surface area contributed by atoms with Crippen molar-refractivity contribution in [1.29, 1.82) is 0 Å². The molecule has 112 valence electrons. The van der Waals surface area contributed by atoms with E-state index in [4.69, 9.17) is 19.3 Å². The molecule has 1 aromatic carbocycles. The summed E-state index contributed by atoms with van der Waals surface area (Å²) in [6, 6.07) is 3.54. The van der Waals surface area contributed by atoms with Gasteiger partial charge in [-0.25, -0.2) is 4.98 Å². The number of rotatable bonds is 4. The molecule has 0 aliphatic carbocycles. The van der Waals surface area contributed by atoms with E-state index in [9.17, 15) is 4.79 Å². The number of benzene rings is 1. The first-order chi connectivity index (χ1) is 10.1. The third kappa shape index (κ3) is 2.40. The standard InChI is InChI=1S/C14H16N2O5/c1-8(19-2)14-15-9-5-11-12(21-4-3-20-11)6-10(9)16(14)7-13(17)18/h5-6,8H,3-4,7H2,1-2H3,(H,17,18). The van der Waals surface area contributed by atoms with Crippen LogP contribution in [0.2, 0.25) is 0 Å². The SMILES string of the molecule is COC(C)c1nc2cc3c(cc2n1CC(=O)O)OCCO3. The van der Waals surface area contributed by atoms with Crippen LogP contribution in [0, 0.1) is 0 Å². The lowest BCUT2D eigenvalue weighted by molar-refractivity contribution is -0.137. The van der Waals surface area contributed by atoms with Gasteiger partial charge in [0, 0.05) is 19.2 Å². The molecule has 1 atom stereocenters. The van der Waals surface area contributed by atoms with Crippen LogP contribution in [0.1, 0.15) is 18.9 Å². The van der Waals surface area contributed by atoms with Crippen molar-refractivity contribution in [1.82, 2.24) is 9.55 Å². The highest BCUT2D eigenvalue weighted by Gasteiger charge is 2.21. The topological polar surface area (TPSA) is 82.8 Å². The van der Waals surface area contributed by atoms with Gasteiger partial charge in [-0.05, 0) is 6.92 Å². The number of aromatic nitrogens is 2. The van der Waals surface area contributed by atoms with Gasteiger partial charge < -0.3 is 23.9 Å². The van der Waals surface area contributed by atoms with Gasteiger partial charge in [0.1, 0.15) is 31.7 Å². The molecule has 7 nitrogen and oxygen atoms in total. The summed E-state index contributed by atoms with van der Waals surface area (Å²) >= 11 is 0. The number of hydrogen-bond donors (Lipinski definition) is 1. The van der Waals surface area contributed by atoms with E-state index < -0.39 is 5.97 Å². The molecular formula is C14H16N2O5. The number of methoxy groups -OCH3 is 1. The van der Waals surface area contributed by atoms with Crippen molar-refractivity contribution in [3.05, 3.63) is 18.0 Å². The minimum absolute atomic E-state index is 0.181. The normalized spacial score (nSPS) is 15.1. The van der Waals surface area contributed by atoms with Crippen molar-refractivity contribution in [2.45, 2.75) is 19.6 Å². The van der Waals surface area contributed by atoms with Gasteiger partial charge in [-0.3, -0.25) is 4.79 Å². The van der Waals surface area contributed by atoms with Crippen LogP contribution in [-0.2, 0) is 16.1 Å². The first-order valence-electron chi connectivity index (χ1n) is 6.64. The van der Waals surface area contributed by atoms with Crippen LogP contribution in [0.25, 0.3) is 11.0 Å². The zero-order valence-electron chi connectivity index (χ0n) is 11.8. The minimum Gasteiger partial charge on any atom is -0.486 e. The Labute approximate surface area is 121 Å². The van der Waals surface area contributed by atoms with Crippen LogP contribution in [0.3, 0.4) is 0 Å². The average Bonchev–Trinajstić information content (AvgIpc) is 2.81. The van der Waals surface area contributed by atoms with Crippen molar-refractivity contribution < 1.29 is 24.1 Å². The monoisotopic (exact) mass is 292 g/mol. The fourth-order valence-corrected chi connectivity index (χ4v) is 2.40. The number of carbonyl (C=O) groups is 1. The second kappa shape index (κ2) is 5.25.